The maximum Gasteiger partial charge on any atom is 0.343 e. The minimum absolute atomic E-state index is 0.0121. The first-order chi connectivity index (χ1) is 9.20. The second kappa shape index (κ2) is 6.38. The van der Waals surface area contributed by atoms with Crippen molar-refractivity contribution in [2.75, 3.05) is 25.6 Å². The van der Waals surface area contributed by atoms with Gasteiger partial charge in [0.05, 0.1) is 31.7 Å². The van der Waals surface area contributed by atoms with Crippen LogP contribution in [0.5, 0.6) is 5.88 Å². The van der Waals surface area contributed by atoms with Gasteiger partial charge in [-0.1, -0.05) is 0 Å². The molecule has 104 valence electrons. The number of rotatable bonds is 4. The van der Waals surface area contributed by atoms with Gasteiger partial charge in [-0.25, -0.2) is 9.78 Å². The minimum Gasteiger partial charge on any atom is -0.474 e. The fraction of sp³-hybridized carbons (Fsp3) is 0.538. The lowest BCUT2D eigenvalue weighted by molar-refractivity contribution is 0.0224. The van der Waals surface area contributed by atoms with Gasteiger partial charge in [0.2, 0.25) is 5.88 Å². The Morgan fingerprint density at radius 3 is 2.95 bits per heavy atom. The molecule has 1 aliphatic rings. The van der Waals surface area contributed by atoms with E-state index in [1.807, 2.05) is 0 Å². The fourth-order valence-corrected chi connectivity index (χ4v) is 1.87. The molecule has 2 rings (SSSR count). The molecule has 0 atom stereocenters. The average Bonchev–Trinajstić information content (AvgIpc) is 2.42. The average molecular weight is 266 g/mol. The summed E-state index contributed by atoms with van der Waals surface area (Å²) in [6.07, 6.45) is 3.05. The standard InChI is InChI=1S/C13H18N2O4/c1-2-18-13(16)11-7-9(14)8-15-12(11)19-10-3-5-17-6-4-10/h7-8,10H,2-6,14H2,1H3. The Balaban J connectivity index is 2.15. The molecule has 0 radical (unpaired) electrons. The van der Waals surface area contributed by atoms with Crippen LogP contribution in [0.25, 0.3) is 0 Å². The molecule has 2 N–H and O–H groups in total. The van der Waals surface area contributed by atoms with E-state index in [-0.39, 0.29) is 17.5 Å². The highest BCUT2D eigenvalue weighted by molar-refractivity contribution is 5.92. The molecule has 1 aromatic heterocycles. The van der Waals surface area contributed by atoms with Gasteiger partial charge in [-0.05, 0) is 13.0 Å². The molecule has 0 bridgehead atoms. The summed E-state index contributed by atoms with van der Waals surface area (Å²) < 4.78 is 16.0. The Kier molecular flexibility index (Phi) is 4.57. The molecule has 0 aliphatic carbocycles. The van der Waals surface area contributed by atoms with E-state index in [9.17, 15) is 4.79 Å². The fourth-order valence-electron chi connectivity index (χ4n) is 1.87. The number of carbonyl (C=O) groups is 1. The van der Waals surface area contributed by atoms with Gasteiger partial charge >= 0.3 is 5.97 Å². The molecule has 1 aliphatic heterocycles. The molecule has 6 nitrogen and oxygen atoms in total. The zero-order chi connectivity index (χ0) is 13.7. The van der Waals surface area contributed by atoms with Crippen molar-refractivity contribution >= 4 is 11.7 Å². The lowest BCUT2D eigenvalue weighted by Crippen LogP contribution is -2.27. The van der Waals surface area contributed by atoms with Crippen LogP contribution >= 0.6 is 0 Å². The van der Waals surface area contributed by atoms with Crippen molar-refractivity contribution in [1.29, 1.82) is 0 Å². The molecule has 0 amide bonds. The van der Waals surface area contributed by atoms with Crippen molar-refractivity contribution in [3.63, 3.8) is 0 Å². The van der Waals surface area contributed by atoms with Crippen LogP contribution in [-0.4, -0.2) is 36.9 Å². The van der Waals surface area contributed by atoms with E-state index in [0.29, 0.717) is 25.5 Å². The van der Waals surface area contributed by atoms with Gasteiger partial charge in [-0.2, -0.15) is 0 Å². The number of nitrogens with zero attached hydrogens (tertiary/aromatic N) is 1. The SMILES string of the molecule is CCOC(=O)c1cc(N)cnc1OC1CCOCC1. The first-order valence-electron chi connectivity index (χ1n) is 6.37. The monoisotopic (exact) mass is 266 g/mol. The highest BCUT2D eigenvalue weighted by atomic mass is 16.5. The van der Waals surface area contributed by atoms with E-state index in [2.05, 4.69) is 4.98 Å². The molecular weight excluding hydrogens is 248 g/mol. The molecule has 0 spiro atoms. The number of anilines is 1. The molecule has 0 saturated carbocycles. The summed E-state index contributed by atoms with van der Waals surface area (Å²) in [5.74, 6) is -0.191. The third-order valence-corrected chi connectivity index (χ3v) is 2.81. The largest absolute Gasteiger partial charge is 0.474 e. The second-order valence-electron chi connectivity index (χ2n) is 4.27. The van der Waals surface area contributed by atoms with Crippen LogP contribution in [0.3, 0.4) is 0 Å². The Morgan fingerprint density at radius 1 is 1.53 bits per heavy atom. The van der Waals surface area contributed by atoms with Crippen LogP contribution in [0.15, 0.2) is 12.3 Å². The van der Waals surface area contributed by atoms with Crippen molar-refractivity contribution < 1.29 is 19.0 Å². The van der Waals surface area contributed by atoms with Crippen molar-refractivity contribution in [3.8, 4) is 5.88 Å². The second-order valence-corrected chi connectivity index (χ2v) is 4.27. The van der Waals surface area contributed by atoms with Crippen LogP contribution < -0.4 is 10.5 Å². The van der Waals surface area contributed by atoms with E-state index in [4.69, 9.17) is 19.9 Å². The van der Waals surface area contributed by atoms with Gasteiger partial charge in [-0.15, -0.1) is 0 Å². The topological polar surface area (TPSA) is 83.7 Å². The summed E-state index contributed by atoms with van der Waals surface area (Å²) in [7, 11) is 0. The van der Waals surface area contributed by atoms with E-state index in [0.717, 1.165) is 12.8 Å². The maximum absolute atomic E-state index is 11.8. The smallest absolute Gasteiger partial charge is 0.343 e. The number of pyridine rings is 1. The van der Waals surface area contributed by atoms with E-state index in [1.54, 1.807) is 6.92 Å². The van der Waals surface area contributed by atoms with E-state index < -0.39 is 5.97 Å². The van der Waals surface area contributed by atoms with Crippen molar-refractivity contribution in [3.05, 3.63) is 17.8 Å². The van der Waals surface area contributed by atoms with Gasteiger partial charge in [0, 0.05) is 12.8 Å². The van der Waals surface area contributed by atoms with Crippen LogP contribution in [-0.2, 0) is 9.47 Å². The summed E-state index contributed by atoms with van der Waals surface area (Å²) in [4.78, 5) is 15.9. The Hall–Kier alpha value is -1.82. The molecular formula is C13H18N2O4. The Bertz CT molecular complexity index is 444. The Morgan fingerprint density at radius 2 is 2.26 bits per heavy atom. The van der Waals surface area contributed by atoms with Gasteiger partial charge < -0.3 is 19.9 Å². The molecule has 0 unspecified atom stereocenters. The molecule has 2 heterocycles. The first kappa shape index (κ1) is 13.6. The zero-order valence-corrected chi connectivity index (χ0v) is 10.9. The quantitative estimate of drug-likeness (QED) is 0.829. The van der Waals surface area contributed by atoms with Gasteiger partial charge in [0.15, 0.2) is 0 Å². The zero-order valence-electron chi connectivity index (χ0n) is 10.9. The highest BCUT2D eigenvalue weighted by Gasteiger charge is 2.21. The van der Waals surface area contributed by atoms with Crippen molar-refractivity contribution in [2.45, 2.75) is 25.9 Å². The van der Waals surface area contributed by atoms with Gasteiger partial charge in [0.25, 0.3) is 0 Å². The van der Waals surface area contributed by atoms with Crippen LogP contribution in [0.4, 0.5) is 5.69 Å². The number of hydrogen-bond acceptors (Lipinski definition) is 6. The Labute approximate surface area is 111 Å². The molecule has 1 aromatic rings. The van der Waals surface area contributed by atoms with Gasteiger partial charge in [-0.3, -0.25) is 0 Å². The third kappa shape index (κ3) is 3.57. The predicted octanol–water partition coefficient (Wildman–Crippen LogP) is 1.40. The number of esters is 1. The number of nitrogens with two attached hydrogens (primary N) is 1. The van der Waals surface area contributed by atoms with Crippen molar-refractivity contribution in [2.24, 2.45) is 0 Å². The number of hydrogen-bond donors (Lipinski definition) is 1. The normalized spacial score (nSPS) is 16.1. The van der Waals surface area contributed by atoms with Crippen molar-refractivity contribution in [1.82, 2.24) is 4.98 Å². The number of carbonyl (C=O) groups excluding carboxylic acids is 1. The minimum atomic E-state index is -0.468. The summed E-state index contributed by atoms with van der Waals surface area (Å²) in [5.41, 5.74) is 6.33. The lowest BCUT2D eigenvalue weighted by atomic mass is 10.1. The molecule has 1 saturated heterocycles. The predicted molar refractivity (Wildman–Crippen MR) is 69.1 cm³/mol. The molecule has 19 heavy (non-hydrogen) atoms. The van der Waals surface area contributed by atoms with Gasteiger partial charge in [0.1, 0.15) is 11.7 Å². The number of nitrogen functional groups attached to an aromatic ring is 1. The van der Waals surface area contributed by atoms with Crippen LogP contribution in [0.2, 0.25) is 0 Å². The number of ether oxygens (including phenoxy) is 3. The molecule has 1 fully saturated rings. The van der Waals surface area contributed by atoms with E-state index >= 15 is 0 Å². The summed E-state index contributed by atoms with van der Waals surface area (Å²) in [6.45, 7) is 3.36. The molecule has 6 heteroatoms. The summed E-state index contributed by atoms with van der Waals surface area (Å²) in [6, 6.07) is 1.53. The lowest BCUT2D eigenvalue weighted by Gasteiger charge is -2.23. The molecule has 0 aromatic carbocycles. The first-order valence-corrected chi connectivity index (χ1v) is 6.37. The highest BCUT2D eigenvalue weighted by Crippen LogP contribution is 2.22. The number of aromatic nitrogens is 1. The van der Waals surface area contributed by atoms with Crippen LogP contribution in [0, 0.1) is 0 Å². The van der Waals surface area contributed by atoms with E-state index in [1.165, 1.54) is 12.3 Å². The summed E-state index contributed by atoms with van der Waals surface area (Å²) >= 11 is 0. The summed E-state index contributed by atoms with van der Waals surface area (Å²) in [5, 5.41) is 0. The maximum atomic E-state index is 11.8. The third-order valence-electron chi connectivity index (χ3n) is 2.81. The van der Waals surface area contributed by atoms with Crippen LogP contribution in [0.1, 0.15) is 30.1 Å².